The highest BCUT2D eigenvalue weighted by Gasteiger charge is 2.13. The number of hydrogen-bond acceptors (Lipinski definition) is 5. The van der Waals surface area contributed by atoms with Crippen molar-refractivity contribution in [2.45, 2.75) is 19.8 Å². The molecule has 1 saturated heterocycles. The SMILES string of the molecule is Cc1nc(NCC2CCCNC2)cc(-c2ccccn2)n1. The van der Waals surface area contributed by atoms with Crippen molar-refractivity contribution in [1.29, 1.82) is 0 Å². The highest BCUT2D eigenvalue weighted by atomic mass is 15.0. The number of piperidine rings is 1. The smallest absolute Gasteiger partial charge is 0.130 e. The average molecular weight is 283 g/mol. The van der Waals surface area contributed by atoms with Gasteiger partial charge in [0.05, 0.1) is 11.4 Å². The Hall–Kier alpha value is -2.01. The van der Waals surface area contributed by atoms with E-state index in [0.29, 0.717) is 5.92 Å². The molecule has 0 aliphatic carbocycles. The zero-order valence-corrected chi connectivity index (χ0v) is 12.3. The lowest BCUT2D eigenvalue weighted by Gasteiger charge is -2.23. The van der Waals surface area contributed by atoms with Crippen molar-refractivity contribution in [3.8, 4) is 11.4 Å². The molecule has 2 aromatic rings. The van der Waals surface area contributed by atoms with Crippen LogP contribution in [0.5, 0.6) is 0 Å². The van der Waals surface area contributed by atoms with Gasteiger partial charge in [-0.1, -0.05) is 6.07 Å². The van der Waals surface area contributed by atoms with Gasteiger partial charge in [-0.05, 0) is 50.9 Å². The number of nitrogens with one attached hydrogen (secondary N) is 2. The molecule has 5 nitrogen and oxygen atoms in total. The summed E-state index contributed by atoms with van der Waals surface area (Å²) in [5.74, 6) is 2.32. The Balaban J connectivity index is 1.72. The molecule has 1 fully saturated rings. The summed E-state index contributed by atoms with van der Waals surface area (Å²) in [5.41, 5.74) is 1.75. The fourth-order valence-corrected chi connectivity index (χ4v) is 2.65. The third kappa shape index (κ3) is 3.76. The summed E-state index contributed by atoms with van der Waals surface area (Å²) in [7, 11) is 0. The highest BCUT2D eigenvalue weighted by molar-refractivity contribution is 5.58. The van der Waals surface area contributed by atoms with Crippen LogP contribution in [0.1, 0.15) is 18.7 Å². The maximum atomic E-state index is 4.47. The first-order valence-corrected chi connectivity index (χ1v) is 7.53. The Kier molecular flexibility index (Phi) is 4.40. The van der Waals surface area contributed by atoms with Gasteiger partial charge in [0.15, 0.2) is 0 Å². The third-order valence-corrected chi connectivity index (χ3v) is 3.74. The molecule has 0 radical (unpaired) electrons. The lowest BCUT2D eigenvalue weighted by molar-refractivity contribution is 0.392. The van der Waals surface area contributed by atoms with Crippen molar-refractivity contribution in [2.24, 2.45) is 5.92 Å². The Labute approximate surface area is 125 Å². The molecular weight excluding hydrogens is 262 g/mol. The first-order valence-electron chi connectivity index (χ1n) is 7.53. The Bertz CT molecular complexity index is 578. The minimum Gasteiger partial charge on any atom is -0.370 e. The van der Waals surface area contributed by atoms with E-state index in [1.54, 1.807) is 6.20 Å². The number of aromatic nitrogens is 3. The molecule has 0 aromatic carbocycles. The van der Waals surface area contributed by atoms with Crippen molar-refractivity contribution >= 4 is 5.82 Å². The minimum absolute atomic E-state index is 0.673. The normalized spacial score (nSPS) is 18.4. The molecule has 3 heterocycles. The number of rotatable bonds is 4. The molecule has 0 bridgehead atoms. The van der Waals surface area contributed by atoms with Crippen molar-refractivity contribution in [3.05, 3.63) is 36.3 Å². The second kappa shape index (κ2) is 6.63. The van der Waals surface area contributed by atoms with Crippen LogP contribution in [-0.4, -0.2) is 34.6 Å². The van der Waals surface area contributed by atoms with Crippen molar-refractivity contribution < 1.29 is 0 Å². The first-order chi connectivity index (χ1) is 10.3. The summed E-state index contributed by atoms with van der Waals surface area (Å²) in [5, 5.41) is 6.88. The monoisotopic (exact) mass is 283 g/mol. The Morgan fingerprint density at radius 2 is 2.24 bits per heavy atom. The number of anilines is 1. The first kappa shape index (κ1) is 13.9. The van der Waals surface area contributed by atoms with Gasteiger partial charge in [-0.25, -0.2) is 9.97 Å². The molecule has 0 saturated carbocycles. The third-order valence-electron chi connectivity index (χ3n) is 3.74. The average Bonchev–Trinajstić information content (AvgIpc) is 2.54. The van der Waals surface area contributed by atoms with Crippen LogP contribution in [0.25, 0.3) is 11.4 Å². The summed E-state index contributed by atoms with van der Waals surface area (Å²) in [4.78, 5) is 13.3. The molecule has 1 aliphatic rings. The lowest BCUT2D eigenvalue weighted by atomic mass is 10.00. The van der Waals surface area contributed by atoms with Crippen LogP contribution >= 0.6 is 0 Å². The predicted molar refractivity (Wildman–Crippen MR) is 84.1 cm³/mol. The van der Waals surface area contributed by atoms with E-state index in [4.69, 9.17) is 0 Å². The Morgan fingerprint density at radius 1 is 1.29 bits per heavy atom. The maximum absolute atomic E-state index is 4.47. The van der Waals surface area contributed by atoms with Crippen LogP contribution in [0.2, 0.25) is 0 Å². The molecule has 0 amide bonds. The number of pyridine rings is 1. The van der Waals surface area contributed by atoms with E-state index < -0.39 is 0 Å². The second-order valence-electron chi connectivity index (χ2n) is 5.49. The molecule has 5 heteroatoms. The van der Waals surface area contributed by atoms with Gasteiger partial charge in [-0.3, -0.25) is 4.98 Å². The van der Waals surface area contributed by atoms with Crippen LogP contribution < -0.4 is 10.6 Å². The molecule has 1 unspecified atom stereocenters. The van der Waals surface area contributed by atoms with Gasteiger partial charge < -0.3 is 10.6 Å². The number of aryl methyl sites for hydroxylation is 1. The molecule has 110 valence electrons. The van der Waals surface area contributed by atoms with Crippen molar-refractivity contribution in [2.75, 3.05) is 25.0 Å². The van der Waals surface area contributed by atoms with Crippen LogP contribution in [-0.2, 0) is 0 Å². The fourth-order valence-electron chi connectivity index (χ4n) is 2.65. The molecule has 2 N–H and O–H groups in total. The van der Waals surface area contributed by atoms with E-state index in [1.165, 1.54) is 12.8 Å². The van der Waals surface area contributed by atoms with Crippen molar-refractivity contribution in [3.63, 3.8) is 0 Å². The summed E-state index contributed by atoms with van der Waals surface area (Å²) in [6.07, 6.45) is 4.32. The van der Waals surface area contributed by atoms with Crippen LogP contribution in [0.4, 0.5) is 5.82 Å². The minimum atomic E-state index is 0.673. The molecule has 21 heavy (non-hydrogen) atoms. The topological polar surface area (TPSA) is 62.7 Å². The highest BCUT2D eigenvalue weighted by Crippen LogP contribution is 2.18. The van der Waals surface area contributed by atoms with E-state index in [-0.39, 0.29) is 0 Å². The van der Waals surface area contributed by atoms with E-state index in [1.807, 2.05) is 31.2 Å². The van der Waals surface area contributed by atoms with E-state index in [2.05, 4.69) is 25.6 Å². The van der Waals surface area contributed by atoms with E-state index >= 15 is 0 Å². The molecule has 1 atom stereocenters. The molecule has 0 spiro atoms. The van der Waals surface area contributed by atoms with E-state index in [9.17, 15) is 0 Å². The summed E-state index contributed by atoms with van der Waals surface area (Å²) in [6.45, 7) is 5.10. The van der Waals surface area contributed by atoms with Crippen LogP contribution in [0.3, 0.4) is 0 Å². The molecule has 1 aliphatic heterocycles. The molecular formula is C16H21N5. The number of hydrogen-bond donors (Lipinski definition) is 2. The summed E-state index contributed by atoms with van der Waals surface area (Å²) in [6, 6.07) is 7.83. The zero-order valence-electron chi connectivity index (χ0n) is 12.3. The fraction of sp³-hybridized carbons (Fsp3) is 0.438. The molecule has 2 aromatic heterocycles. The van der Waals surface area contributed by atoms with Gasteiger partial charge in [-0.2, -0.15) is 0 Å². The summed E-state index contributed by atoms with van der Waals surface area (Å²) < 4.78 is 0. The van der Waals surface area contributed by atoms with Gasteiger partial charge >= 0.3 is 0 Å². The van der Waals surface area contributed by atoms with Gasteiger partial charge in [0.25, 0.3) is 0 Å². The second-order valence-corrected chi connectivity index (χ2v) is 5.49. The quantitative estimate of drug-likeness (QED) is 0.901. The van der Waals surface area contributed by atoms with Crippen LogP contribution in [0.15, 0.2) is 30.5 Å². The van der Waals surface area contributed by atoms with Gasteiger partial charge in [-0.15, -0.1) is 0 Å². The van der Waals surface area contributed by atoms with Crippen molar-refractivity contribution in [1.82, 2.24) is 20.3 Å². The molecule has 3 rings (SSSR count). The van der Waals surface area contributed by atoms with Gasteiger partial charge in [0, 0.05) is 18.8 Å². The largest absolute Gasteiger partial charge is 0.370 e. The summed E-state index contributed by atoms with van der Waals surface area (Å²) >= 11 is 0. The van der Waals surface area contributed by atoms with E-state index in [0.717, 1.165) is 42.7 Å². The Morgan fingerprint density at radius 3 is 3.00 bits per heavy atom. The maximum Gasteiger partial charge on any atom is 0.130 e. The van der Waals surface area contributed by atoms with Crippen LogP contribution in [0, 0.1) is 12.8 Å². The lowest BCUT2D eigenvalue weighted by Crippen LogP contribution is -2.33. The standard InChI is InChI=1S/C16H21N5/c1-12-20-15(14-6-2-3-8-18-14)9-16(21-12)19-11-13-5-4-7-17-10-13/h2-3,6,8-9,13,17H,4-5,7,10-11H2,1H3,(H,19,20,21). The zero-order chi connectivity index (χ0) is 14.5. The van der Waals surface area contributed by atoms with Gasteiger partial charge in [0.2, 0.25) is 0 Å². The predicted octanol–water partition coefficient (Wildman–Crippen LogP) is 2.26. The van der Waals surface area contributed by atoms with Gasteiger partial charge in [0.1, 0.15) is 11.6 Å². The number of nitrogens with zero attached hydrogens (tertiary/aromatic N) is 3.